The van der Waals surface area contributed by atoms with Crippen molar-refractivity contribution in [3.63, 3.8) is 0 Å². The Morgan fingerprint density at radius 1 is 1.22 bits per heavy atom. The number of nitrogens with two attached hydrogens (primary N) is 1. The average molecular weight is 261 g/mol. The van der Waals surface area contributed by atoms with Gasteiger partial charge in [0.1, 0.15) is 0 Å². The van der Waals surface area contributed by atoms with Crippen LogP contribution in [0.5, 0.6) is 0 Å². The van der Waals surface area contributed by atoms with Crippen LogP contribution in [0.4, 0.5) is 11.4 Å². The number of anilines is 2. The third-order valence-corrected chi connectivity index (χ3v) is 2.89. The van der Waals surface area contributed by atoms with Crippen LogP contribution in [0.3, 0.4) is 0 Å². The van der Waals surface area contributed by atoms with Gasteiger partial charge in [-0.25, -0.2) is 0 Å². The lowest BCUT2D eigenvalue weighted by Crippen LogP contribution is -2.14. The fourth-order valence-corrected chi connectivity index (χ4v) is 1.80. The Kier molecular flexibility index (Phi) is 3.53. The van der Waals surface area contributed by atoms with E-state index in [2.05, 4.69) is 5.32 Å². The van der Waals surface area contributed by atoms with E-state index in [0.29, 0.717) is 16.3 Å². The van der Waals surface area contributed by atoms with Crippen LogP contribution in [-0.4, -0.2) is 5.91 Å². The molecule has 0 spiro atoms. The van der Waals surface area contributed by atoms with Gasteiger partial charge in [0, 0.05) is 16.4 Å². The minimum atomic E-state index is -0.260. The van der Waals surface area contributed by atoms with E-state index >= 15 is 0 Å². The molecular weight excluding hydrogens is 248 g/mol. The van der Waals surface area contributed by atoms with E-state index in [0.717, 1.165) is 11.3 Å². The molecule has 0 aromatic heterocycles. The number of amides is 1. The Morgan fingerprint density at radius 3 is 2.67 bits per heavy atom. The number of hydrogen-bond acceptors (Lipinski definition) is 2. The van der Waals surface area contributed by atoms with Crippen molar-refractivity contribution in [2.75, 3.05) is 11.1 Å². The number of benzene rings is 2. The minimum Gasteiger partial charge on any atom is -0.398 e. The number of halogens is 1. The van der Waals surface area contributed by atoms with Crippen LogP contribution < -0.4 is 11.1 Å². The van der Waals surface area contributed by atoms with Gasteiger partial charge in [-0.05, 0) is 36.8 Å². The van der Waals surface area contributed by atoms with Crippen molar-refractivity contribution >= 4 is 28.9 Å². The molecule has 92 valence electrons. The standard InChI is InChI=1S/C14H13ClN2O/c1-9-4-2-3-5-13(9)17-14(18)11-8-10(15)6-7-12(11)16/h2-8H,16H2,1H3,(H,17,18). The summed E-state index contributed by atoms with van der Waals surface area (Å²) in [4.78, 5) is 12.1. The summed E-state index contributed by atoms with van der Waals surface area (Å²) in [6, 6.07) is 12.4. The molecule has 2 aromatic rings. The van der Waals surface area contributed by atoms with Gasteiger partial charge in [0.2, 0.25) is 0 Å². The first-order chi connectivity index (χ1) is 8.58. The van der Waals surface area contributed by atoms with Gasteiger partial charge in [-0.2, -0.15) is 0 Å². The number of carbonyl (C=O) groups excluding carboxylic acids is 1. The van der Waals surface area contributed by atoms with Crippen molar-refractivity contribution in [1.29, 1.82) is 0 Å². The van der Waals surface area contributed by atoms with Crippen LogP contribution in [-0.2, 0) is 0 Å². The average Bonchev–Trinajstić information content (AvgIpc) is 2.35. The molecule has 4 heteroatoms. The van der Waals surface area contributed by atoms with Crippen LogP contribution in [0.15, 0.2) is 42.5 Å². The van der Waals surface area contributed by atoms with E-state index in [1.165, 1.54) is 0 Å². The van der Waals surface area contributed by atoms with Gasteiger partial charge in [-0.3, -0.25) is 4.79 Å². The number of rotatable bonds is 2. The van der Waals surface area contributed by atoms with Crippen LogP contribution in [0.25, 0.3) is 0 Å². The highest BCUT2D eigenvalue weighted by molar-refractivity contribution is 6.31. The highest BCUT2D eigenvalue weighted by atomic mass is 35.5. The molecule has 0 heterocycles. The zero-order valence-corrected chi connectivity index (χ0v) is 10.7. The molecule has 3 N–H and O–H groups in total. The first kappa shape index (κ1) is 12.5. The Morgan fingerprint density at radius 2 is 1.94 bits per heavy atom. The Hall–Kier alpha value is -2.00. The topological polar surface area (TPSA) is 55.1 Å². The first-order valence-electron chi connectivity index (χ1n) is 5.50. The van der Waals surface area contributed by atoms with Crippen molar-refractivity contribution in [1.82, 2.24) is 0 Å². The fourth-order valence-electron chi connectivity index (χ4n) is 1.63. The van der Waals surface area contributed by atoms with E-state index in [1.807, 2.05) is 31.2 Å². The van der Waals surface area contributed by atoms with Gasteiger partial charge >= 0.3 is 0 Å². The molecule has 0 aliphatic heterocycles. The summed E-state index contributed by atoms with van der Waals surface area (Å²) in [5.74, 6) is -0.260. The third kappa shape index (κ3) is 2.63. The minimum absolute atomic E-state index is 0.260. The second-order valence-electron chi connectivity index (χ2n) is 4.00. The Labute approximate surface area is 111 Å². The number of nitrogens with one attached hydrogen (secondary N) is 1. The number of carbonyl (C=O) groups is 1. The largest absolute Gasteiger partial charge is 0.398 e. The molecule has 0 fully saturated rings. The zero-order chi connectivity index (χ0) is 13.1. The van der Waals surface area contributed by atoms with E-state index in [9.17, 15) is 4.79 Å². The summed E-state index contributed by atoms with van der Waals surface area (Å²) in [5, 5.41) is 3.30. The maximum atomic E-state index is 12.1. The second-order valence-corrected chi connectivity index (χ2v) is 4.44. The second kappa shape index (κ2) is 5.10. The summed E-state index contributed by atoms with van der Waals surface area (Å²) in [7, 11) is 0. The van der Waals surface area contributed by atoms with Crippen molar-refractivity contribution in [3.8, 4) is 0 Å². The molecule has 1 amide bonds. The van der Waals surface area contributed by atoms with Crippen LogP contribution in [0, 0.1) is 6.92 Å². The van der Waals surface area contributed by atoms with Gasteiger partial charge in [0.15, 0.2) is 0 Å². The van der Waals surface area contributed by atoms with Gasteiger partial charge in [0.25, 0.3) is 5.91 Å². The van der Waals surface area contributed by atoms with Crippen molar-refractivity contribution < 1.29 is 4.79 Å². The quantitative estimate of drug-likeness (QED) is 0.812. The molecule has 2 aromatic carbocycles. The molecule has 0 aliphatic rings. The number of hydrogen-bond donors (Lipinski definition) is 2. The summed E-state index contributed by atoms with van der Waals surface area (Å²) in [5.41, 5.74) is 8.31. The molecular formula is C14H13ClN2O. The lowest BCUT2D eigenvalue weighted by molar-refractivity contribution is 0.102. The van der Waals surface area contributed by atoms with Gasteiger partial charge in [-0.15, -0.1) is 0 Å². The molecule has 0 saturated heterocycles. The third-order valence-electron chi connectivity index (χ3n) is 2.65. The molecule has 2 rings (SSSR count). The first-order valence-corrected chi connectivity index (χ1v) is 5.88. The normalized spacial score (nSPS) is 10.1. The molecule has 0 saturated carbocycles. The summed E-state index contributed by atoms with van der Waals surface area (Å²) in [6.45, 7) is 1.93. The Balaban J connectivity index is 2.28. The van der Waals surface area contributed by atoms with E-state index in [-0.39, 0.29) is 5.91 Å². The molecule has 0 atom stereocenters. The molecule has 0 radical (unpaired) electrons. The van der Waals surface area contributed by atoms with Gasteiger partial charge in [-0.1, -0.05) is 29.8 Å². The van der Waals surface area contributed by atoms with Crippen molar-refractivity contribution in [3.05, 3.63) is 58.6 Å². The highest BCUT2D eigenvalue weighted by Gasteiger charge is 2.11. The smallest absolute Gasteiger partial charge is 0.257 e. The molecule has 0 bridgehead atoms. The maximum absolute atomic E-state index is 12.1. The van der Waals surface area contributed by atoms with Gasteiger partial charge < -0.3 is 11.1 Å². The highest BCUT2D eigenvalue weighted by Crippen LogP contribution is 2.20. The molecule has 18 heavy (non-hydrogen) atoms. The lowest BCUT2D eigenvalue weighted by atomic mass is 10.1. The Bertz CT molecular complexity index is 596. The van der Waals surface area contributed by atoms with E-state index in [1.54, 1.807) is 18.2 Å². The predicted octanol–water partition coefficient (Wildman–Crippen LogP) is 3.48. The number of para-hydroxylation sites is 1. The fraction of sp³-hybridized carbons (Fsp3) is 0.0714. The number of aryl methyl sites for hydroxylation is 1. The van der Waals surface area contributed by atoms with Crippen LogP contribution in [0.2, 0.25) is 5.02 Å². The monoisotopic (exact) mass is 260 g/mol. The molecule has 0 unspecified atom stereocenters. The SMILES string of the molecule is Cc1ccccc1NC(=O)c1cc(Cl)ccc1N. The summed E-state index contributed by atoms with van der Waals surface area (Å²) in [6.07, 6.45) is 0. The maximum Gasteiger partial charge on any atom is 0.257 e. The van der Waals surface area contributed by atoms with E-state index in [4.69, 9.17) is 17.3 Å². The lowest BCUT2D eigenvalue weighted by Gasteiger charge is -2.09. The van der Waals surface area contributed by atoms with E-state index < -0.39 is 0 Å². The molecule has 0 aliphatic carbocycles. The van der Waals surface area contributed by atoms with Gasteiger partial charge in [0.05, 0.1) is 5.56 Å². The number of nitrogen functional groups attached to an aromatic ring is 1. The summed E-state index contributed by atoms with van der Waals surface area (Å²) < 4.78 is 0. The molecule has 3 nitrogen and oxygen atoms in total. The summed E-state index contributed by atoms with van der Waals surface area (Å²) >= 11 is 5.86. The predicted molar refractivity (Wildman–Crippen MR) is 75.0 cm³/mol. The van der Waals surface area contributed by atoms with Crippen LogP contribution >= 0.6 is 11.6 Å². The van der Waals surface area contributed by atoms with Crippen LogP contribution in [0.1, 0.15) is 15.9 Å². The van der Waals surface area contributed by atoms with Crippen molar-refractivity contribution in [2.45, 2.75) is 6.92 Å². The zero-order valence-electron chi connectivity index (χ0n) is 9.91. The van der Waals surface area contributed by atoms with Crippen molar-refractivity contribution in [2.24, 2.45) is 0 Å².